The van der Waals surface area contributed by atoms with Crippen molar-refractivity contribution < 1.29 is 0 Å². The van der Waals surface area contributed by atoms with Gasteiger partial charge in [0.2, 0.25) is 0 Å². The lowest BCUT2D eigenvalue weighted by atomic mass is 10.1. The zero-order valence-corrected chi connectivity index (χ0v) is 11.2. The van der Waals surface area contributed by atoms with Crippen LogP contribution in [0.2, 0.25) is 0 Å². The van der Waals surface area contributed by atoms with Gasteiger partial charge in [-0.1, -0.05) is 0 Å². The van der Waals surface area contributed by atoms with Gasteiger partial charge in [-0.05, 0) is 37.1 Å². The highest BCUT2D eigenvalue weighted by Gasteiger charge is 2.15. The first kappa shape index (κ1) is 11.6. The Morgan fingerprint density at radius 2 is 1.32 bits per heavy atom. The highest BCUT2D eigenvalue weighted by molar-refractivity contribution is 7.14. The van der Waals surface area contributed by atoms with Crippen LogP contribution in [0.1, 0.15) is 20.9 Å². The molecule has 19 heavy (non-hydrogen) atoms. The van der Waals surface area contributed by atoms with E-state index in [2.05, 4.69) is 22.1 Å². The average molecular weight is 264 g/mol. The summed E-state index contributed by atoms with van der Waals surface area (Å²) in [6.45, 7) is 4.03. The molecule has 5 heteroatoms. The van der Waals surface area contributed by atoms with E-state index in [9.17, 15) is 0 Å². The Labute approximate surface area is 113 Å². The fourth-order valence-electron chi connectivity index (χ4n) is 1.98. The van der Waals surface area contributed by atoms with Crippen molar-refractivity contribution in [3.63, 3.8) is 0 Å². The highest BCUT2D eigenvalue weighted by atomic mass is 32.1. The van der Waals surface area contributed by atoms with Crippen LogP contribution in [0, 0.1) is 36.5 Å². The van der Waals surface area contributed by atoms with Gasteiger partial charge in [-0.3, -0.25) is 0 Å². The lowest BCUT2D eigenvalue weighted by Gasteiger charge is -2.03. The second kappa shape index (κ2) is 4.01. The third kappa shape index (κ3) is 1.64. The standard InChI is InChI=1S/C14H8N4S/c1-7-3-9-10(4-8(7)2)18-14-12(6-16)19-11(5-15)13(14)17-9/h3-4H,1-2H3. The zero-order valence-electron chi connectivity index (χ0n) is 10.4. The number of aryl methyl sites for hydroxylation is 2. The molecule has 0 atom stereocenters. The zero-order chi connectivity index (χ0) is 13.6. The third-order valence-electron chi connectivity index (χ3n) is 3.12. The van der Waals surface area contributed by atoms with Crippen molar-refractivity contribution in [2.24, 2.45) is 0 Å². The molecule has 0 saturated heterocycles. The summed E-state index contributed by atoms with van der Waals surface area (Å²) in [5, 5.41) is 18.2. The molecule has 3 aromatic rings. The number of hydrogen-bond acceptors (Lipinski definition) is 5. The van der Waals surface area contributed by atoms with Crippen molar-refractivity contribution in [2.75, 3.05) is 0 Å². The molecule has 0 bridgehead atoms. The number of rotatable bonds is 0. The summed E-state index contributed by atoms with van der Waals surface area (Å²) in [6, 6.07) is 8.08. The number of hydrogen-bond donors (Lipinski definition) is 0. The Kier molecular flexibility index (Phi) is 2.45. The quantitative estimate of drug-likeness (QED) is 0.625. The van der Waals surface area contributed by atoms with Gasteiger partial charge in [-0.25, -0.2) is 9.97 Å². The van der Waals surface area contributed by atoms with Crippen molar-refractivity contribution in [1.29, 1.82) is 10.5 Å². The van der Waals surface area contributed by atoms with Gasteiger partial charge in [-0.2, -0.15) is 10.5 Å². The van der Waals surface area contributed by atoms with E-state index in [1.165, 1.54) is 0 Å². The van der Waals surface area contributed by atoms with Crippen molar-refractivity contribution >= 4 is 33.4 Å². The Hall–Kier alpha value is -2.50. The highest BCUT2D eigenvalue weighted by Crippen LogP contribution is 2.29. The maximum Gasteiger partial charge on any atom is 0.134 e. The minimum atomic E-state index is 0.444. The summed E-state index contributed by atoms with van der Waals surface area (Å²) in [7, 11) is 0. The summed E-state index contributed by atoms with van der Waals surface area (Å²) >= 11 is 1.14. The Bertz CT molecular complexity index is 836. The summed E-state index contributed by atoms with van der Waals surface area (Å²) in [6.07, 6.45) is 0. The molecular weight excluding hydrogens is 256 g/mol. The van der Waals surface area contributed by atoms with Gasteiger partial charge in [0.15, 0.2) is 0 Å². The fourth-order valence-corrected chi connectivity index (χ4v) is 2.75. The Balaban J connectivity index is 2.51. The largest absolute Gasteiger partial charge is 0.242 e. The van der Waals surface area contributed by atoms with Crippen LogP contribution in [-0.4, -0.2) is 9.97 Å². The molecule has 0 saturated carbocycles. The van der Waals surface area contributed by atoms with Crippen LogP contribution < -0.4 is 0 Å². The number of nitriles is 2. The molecule has 0 aliphatic rings. The molecule has 0 aliphatic carbocycles. The summed E-state index contributed by atoms with van der Waals surface area (Å²) < 4.78 is 0. The Morgan fingerprint density at radius 1 is 0.895 bits per heavy atom. The van der Waals surface area contributed by atoms with Gasteiger partial charge >= 0.3 is 0 Å². The van der Waals surface area contributed by atoms with Crippen LogP contribution >= 0.6 is 11.3 Å². The molecule has 0 fully saturated rings. The molecule has 2 aromatic heterocycles. The first-order valence-corrected chi connectivity index (χ1v) is 6.47. The number of benzene rings is 1. The molecule has 0 unspecified atom stereocenters. The maximum atomic E-state index is 9.10. The van der Waals surface area contributed by atoms with Crippen molar-refractivity contribution in [3.05, 3.63) is 33.0 Å². The predicted molar refractivity (Wildman–Crippen MR) is 73.8 cm³/mol. The molecule has 1 aromatic carbocycles. The van der Waals surface area contributed by atoms with E-state index >= 15 is 0 Å². The van der Waals surface area contributed by atoms with E-state index in [0.29, 0.717) is 20.8 Å². The number of fused-ring (bicyclic) bond motifs is 2. The van der Waals surface area contributed by atoms with Gasteiger partial charge in [-0.15, -0.1) is 11.3 Å². The molecule has 0 N–H and O–H groups in total. The minimum Gasteiger partial charge on any atom is -0.242 e. The normalized spacial score (nSPS) is 10.5. The van der Waals surface area contributed by atoms with Gasteiger partial charge in [0.25, 0.3) is 0 Å². The van der Waals surface area contributed by atoms with E-state index in [1.807, 2.05) is 26.0 Å². The molecule has 0 amide bonds. The molecule has 90 valence electrons. The predicted octanol–water partition coefficient (Wildman–Crippen LogP) is 3.20. The van der Waals surface area contributed by atoms with Gasteiger partial charge in [0, 0.05) is 0 Å². The average Bonchev–Trinajstić information content (AvgIpc) is 2.75. The lowest BCUT2D eigenvalue weighted by molar-refractivity contribution is 1.32. The summed E-state index contributed by atoms with van der Waals surface area (Å²) in [4.78, 5) is 9.87. The molecule has 0 aliphatic heterocycles. The monoisotopic (exact) mass is 264 g/mol. The van der Waals surface area contributed by atoms with Crippen LogP contribution in [0.3, 0.4) is 0 Å². The fraction of sp³-hybridized carbons (Fsp3) is 0.143. The van der Waals surface area contributed by atoms with E-state index in [-0.39, 0.29) is 0 Å². The first-order valence-electron chi connectivity index (χ1n) is 5.65. The molecule has 0 spiro atoms. The van der Waals surface area contributed by atoms with Gasteiger partial charge in [0.05, 0.1) is 11.0 Å². The maximum absolute atomic E-state index is 9.10. The second-order valence-electron chi connectivity index (χ2n) is 4.33. The first-order chi connectivity index (χ1) is 9.13. The third-order valence-corrected chi connectivity index (χ3v) is 4.09. The summed E-state index contributed by atoms with van der Waals surface area (Å²) in [5.74, 6) is 0. The molecule has 2 heterocycles. The van der Waals surface area contributed by atoms with Crippen LogP contribution in [0.25, 0.3) is 22.1 Å². The van der Waals surface area contributed by atoms with Crippen molar-refractivity contribution in [2.45, 2.75) is 13.8 Å². The molecular formula is C14H8N4S. The van der Waals surface area contributed by atoms with E-state index in [4.69, 9.17) is 10.5 Å². The number of thiophene rings is 1. The molecule has 3 rings (SSSR count). The summed E-state index contributed by atoms with van der Waals surface area (Å²) in [5.41, 5.74) is 4.84. The second-order valence-corrected chi connectivity index (χ2v) is 5.35. The van der Waals surface area contributed by atoms with Crippen molar-refractivity contribution in [1.82, 2.24) is 9.97 Å². The smallest absolute Gasteiger partial charge is 0.134 e. The topological polar surface area (TPSA) is 73.4 Å². The van der Waals surface area contributed by atoms with E-state index < -0.39 is 0 Å². The minimum absolute atomic E-state index is 0.444. The van der Waals surface area contributed by atoms with E-state index in [1.54, 1.807) is 0 Å². The van der Waals surface area contributed by atoms with Crippen LogP contribution in [0.5, 0.6) is 0 Å². The van der Waals surface area contributed by atoms with Crippen molar-refractivity contribution in [3.8, 4) is 12.1 Å². The van der Waals surface area contributed by atoms with Gasteiger partial charge in [0.1, 0.15) is 32.9 Å². The van der Waals surface area contributed by atoms with Crippen LogP contribution in [0.15, 0.2) is 12.1 Å². The SMILES string of the molecule is Cc1cc2nc3c(C#N)sc(C#N)c3nc2cc1C. The van der Waals surface area contributed by atoms with E-state index in [0.717, 1.165) is 33.5 Å². The van der Waals surface area contributed by atoms with Gasteiger partial charge < -0.3 is 0 Å². The lowest BCUT2D eigenvalue weighted by Crippen LogP contribution is -1.90. The Morgan fingerprint density at radius 3 is 1.68 bits per heavy atom. The number of aromatic nitrogens is 2. The molecule has 0 radical (unpaired) electrons. The number of nitrogens with zero attached hydrogens (tertiary/aromatic N) is 4. The van der Waals surface area contributed by atoms with Crippen LogP contribution in [0.4, 0.5) is 0 Å². The van der Waals surface area contributed by atoms with Crippen LogP contribution in [-0.2, 0) is 0 Å². The molecule has 4 nitrogen and oxygen atoms in total.